The van der Waals surface area contributed by atoms with E-state index in [2.05, 4.69) is 16.9 Å². The number of H-pyrrole nitrogens is 1. The van der Waals surface area contributed by atoms with Gasteiger partial charge in [0.1, 0.15) is 5.65 Å². The number of nitrogens with two attached hydrogens (primary N) is 2. The molecule has 2 atom stereocenters. The number of halogens is 1. The molecule has 1 fully saturated rings. The lowest BCUT2D eigenvalue weighted by Gasteiger charge is -2.13. The number of carbonyl (C=O) groups excluding carboxylic acids is 1. The third kappa shape index (κ3) is 4.07. The van der Waals surface area contributed by atoms with Crippen molar-refractivity contribution in [3.63, 3.8) is 0 Å². The van der Waals surface area contributed by atoms with Crippen molar-refractivity contribution < 1.29 is 4.79 Å². The average Bonchev–Trinajstić information content (AvgIpc) is 3.35. The Balaban J connectivity index is 1.60. The Kier molecular flexibility index (Phi) is 5.76. The summed E-state index contributed by atoms with van der Waals surface area (Å²) in [6.07, 6.45) is 3.65. The number of aryl methyl sites for hydroxylation is 2. The van der Waals surface area contributed by atoms with Crippen LogP contribution in [-0.2, 0) is 6.42 Å². The number of benzene rings is 1. The Bertz CT molecular complexity index is 1400. The molecule has 4 aromatic rings. The first kappa shape index (κ1) is 22.1. The van der Waals surface area contributed by atoms with Crippen molar-refractivity contribution in [3.05, 3.63) is 51.9 Å². The van der Waals surface area contributed by atoms with Crippen LogP contribution < -0.4 is 11.5 Å². The van der Waals surface area contributed by atoms with Gasteiger partial charge in [0.05, 0.1) is 27.2 Å². The summed E-state index contributed by atoms with van der Waals surface area (Å²) in [5.74, 6) is -0.216. The molecule has 0 spiro atoms. The minimum Gasteiger partial charge on any atom is -0.366 e. The van der Waals surface area contributed by atoms with E-state index < -0.39 is 5.91 Å². The molecule has 1 aromatic carbocycles. The Hall–Kier alpha value is -2.68. The molecule has 5 N–H and O–H groups in total. The normalized spacial score (nSPS) is 18.4. The van der Waals surface area contributed by atoms with Crippen LogP contribution >= 0.6 is 23.4 Å². The molecule has 170 valence electrons. The molecular weight excluding hydrogens is 456 g/mol. The molecule has 3 aromatic heterocycles. The second-order valence-corrected chi connectivity index (χ2v) is 10.0. The number of nitrogens with zero attached hydrogens (tertiary/aromatic N) is 3. The van der Waals surface area contributed by atoms with Gasteiger partial charge in [-0.3, -0.25) is 9.78 Å². The second kappa shape index (κ2) is 8.59. The van der Waals surface area contributed by atoms with E-state index in [0.717, 1.165) is 69.6 Å². The van der Waals surface area contributed by atoms with Gasteiger partial charge in [-0.25, -0.2) is 9.97 Å². The molecule has 5 rings (SSSR count). The van der Waals surface area contributed by atoms with Gasteiger partial charge in [-0.15, -0.1) is 0 Å². The Morgan fingerprint density at radius 2 is 2.06 bits per heavy atom. The van der Waals surface area contributed by atoms with Crippen LogP contribution in [0.2, 0.25) is 5.02 Å². The summed E-state index contributed by atoms with van der Waals surface area (Å²) in [6, 6.07) is 7.68. The topological polar surface area (TPSA) is 124 Å². The molecule has 9 heteroatoms. The number of aromatic nitrogens is 4. The third-order valence-corrected chi connectivity index (χ3v) is 7.54. The van der Waals surface area contributed by atoms with E-state index >= 15 is 0 Å². The molecule has 1 aliphatic carbocycles. The molecule has 0 radical (unpaired) electrons. The fourth-order valence-corrected chi connectivity index (χ4v) is 5.84. The summed E-state index contributed by atoms with van der Waals surface area (Å²) >= 11 is 8.16. The van der Waals surface area contributed by atoms with Crippen molar-refractivity contribution in [1.82, 2.24) is 19.9 Å². The number of hydrogen-bond donors (Lipinski definition) is 3. The highest BCUT2D eigenvalue weighted by Crippen LogP contribution is 2.41. The van der Waals surface area contributed by atoms with Gasteiger partial charge in [0.2, 0.25) is 5.91 Å². The lowest BCUT2D eigenvalue weighted by molar-refractivity contribution is 0.100. The molecule has 3 heterocycles. The van der Waals surface area contributed by atoms with Crippen molar-refractivity contribution in [2.75, 3.05) is 0 Å². The zero-order valence-corrected chi connectivity index (χ0v) is 20.1. The number of primary amides is 1. The van der Waals surface area contributed by atoms with E-state index in [0.29, 0.717) is 15.7 Å². The molecule has 0 saturated heterocycles. The number of aromatic amines is 1. The smallest absolute Gasteiger partial charge is 0.249 e. The molecule has 1 saturated carbocycles. The van der Waals surface area contributed by atoms with Crippen LogP contribution in [0.1, 0.15) is 59.5 Å². The molecule has 1 amide bonds. The number of nitrogens with one attached hydrogen (secondary N) is 1. The van der Waals surface area contributed by atoms with E-state index in [4.69, 9.17) is 33.0 Å². The maximum Gasteiger partial charge on any atom is 0.249 e. The van der Waals surface area contributed by atoms with Gasteiger partial charge in [-0.05, 0) is 68.6 Å². The number of amides is 1. The van der Waals surface area contributed by atoms with Crippen molar-refractivity contribution in [2.24, 2.45) is 11.5 Å². The van der Waals surface area contributed by atoms with Crippen LogP contribution in [0.15, 0.2) is 34.3 Å². The monoisotopic (exact) mass is 480 g/mol. The van der Waals surface area contributed by atoms with Gasteiger partial charge >= 0.3 is 0 Å². The first-order valence-electron chi connectivity index (χ1n) is 11.1. The van der Waals surface area contributed by atoms with Crippen LogP contribution in [0.3, 0.4) is 0 Å². The number of rotatable bonds is 5. The Labute approximate surface area is 200 Å². The molecule has 0 aliphatic heterocycles. The number of hydrogen-bond acceptors (Lipinski definition) is 6. The zero-order valence-electron chi connectivity index (χ0n) is 18.5. The number of carbonyl (C=O) groups is 1. The Morgan fingerprint density at radius 1 is 1.24 bits per heavy atom. The SMILES string of the molecule is CCc1[nH]c2nc(Sc3ccc4nc(C)cc(C(N)=O)c4c3)nc(C3CCC(N)C3)c2c1Cl. The standard InChI is InChI=1S/C24H25ClN6OS/c1-3-17-20(25)19-21(12-4-5-13(26)9-12)30-24(31-23(19)29-17)33-14-6-7-18-15(10-14)16(22(27)32)8-11(2)28-18/h6-8,10,12-13H,3-5,9,26H2,1-2H3,(H2,27,32)(H,29,30,31). The van der Waals surface area contributed by atoms with E-state index in [1.807, 2.05) is 25.1 Å². The van der Waals surface area contributed by atoms with Crippen molar-refractivity contribution in [1.29, 1.82) is 0 Å². The van der Waals surface area contributed by atoms with E-state index in [1.165, 1.54) is 11.8 Å². The minimum atomic E-state index is -0.474. The van der Waals surface area contributed by atoms with Crippen molar-refractivity contribution >= 4 is 51.2 Å². The summed E-state index contributed by atoms with van der Waals surface area (Å²) in [4.78, 5) is 30.5. The van der Waals surface area contributed by atoms with E-state index in [1.54, 1.807) is 6.07 Å². The fraction of sp³-hybridized carbons (Fsp3) is 0.333. The fourth-order valence-electron chi connectivity index (χ4n) is 4.67. The van der Waals surface area contributed by atoms with Gasteiger partial charge < -0.3 is 16.5 Å². The molecule has 0 bridgehead atoms. The summed E-state index contributed by atoms with van der Waals surface area (Å²) in [5.41, 5.74) is 16.4. The highest BCUT2D eigenvalue weighted by molar-refractivity contribution is 7.99. The van der Waals surface area contributed by atoms with Crippen LogP contribution in [0.4, 0.5) is 0 Å². The first-order valence-corrected chi connectivity index (χ1v) is 12.3. The highest BCUT2D eigenvalue weighted by atomic mass is 35.5. The quantitative estimate of drug-likeness (QED) is 0.350. The molecule has 2 unspecified atom stereocenters. The van der Waals surface area contributed by atoms with Crippen molar-refractivity contribution in [3.8, 4) is 0 Å². The zero-order chi connectivity index (χ0) is 23.3. The minimum absolute atomic E-state index is 0.183. The second-order valence-electron chi connectivity index (χ2n) is 8.61. The maximum absolute atomic E-state index is 12.0. The molecule has 1 aliphatic rings. The molecular formula is C24H25ClN6OS. The lowest BCUT2D eigenvalue weighted by Crippen LogP contribution is -2.14. The van der Waals surface area contributed by atoms with Gasteiger partial charge in [0.25, 0.3) is 0 Å². The van der Waals surface area contributed by atoms with E-state index in [9.17, 15) is 4.79 Å². The first-order chi connectivity index (χ1) is 15.8. The largest absolute Gasteiger partial charge is 0.366 e. The van der Waals surface area contributed by atoms with Gasteiger partial charge in [0.15, 0.2) is 5.16 Å². The highest BCUT2D eigenvalue weighted by Gasteiger charge is 2.29. The molecule has 7 nitrogen and oxygen atoms in total. The lowest BCUT2D eigenvalue weighted by atomic mass is 10.0. The van der Waals surface area contributed by atoms with Crippen molar-refractivity contribution in [2.45, 2.75) is 61.5 Å². The van der Waals surface area contributed by atoms with Gasteiger partial charge in [0, 0.05) is 33.6 Å². The molecule has 33 heavy (non-hydrogen) atoms. The van der Waals surface area contributed by atoms with Crippen LogP contribution in [-0.4, -0.2) is 31.9 Å². The average molecular weight is 481 g/mol. The number of pyridine rings is 1. The van der Waals surface area contributed by atoms with Gasteiger partial charge in [-0.2, -0.15) is 0 Å². The predicted octanol–water partition coefficient (Wildman–Crippen LogP) is 4.88. The summed E-state index contributed by atoms with van der Waals surface area (Å²) in [5, 5.41) is 2.96. The number of fused-ring (bicyclic) bond motifs is 2. The maximum atomic E-state index is 12.0. The summed E-state index contributed by atoms with van der Waals surface area (Å²) < 4.78 is 0. The van der Waals surface area contributed by atoms with Crippen LogP contribution in [0.5, 0.6) is 0 Å². The van der Waals surface area contributed by atoms with Crippen LogP contribution in [0.25, 0.3) is 21.9 Å². The summed E-state index contributed by atoms with van der Waals surface area (Å²) in [6.45, 7) is 3.91. The van der Waals surface area contributed by atoms with E-state index in [-0.39, 0.29) is 12.0 Å². The third-order valence-electron chi connectivity index (χ3n) is 6.27. The van der Waals surface area contributed by atoms with Crippen LogP contribution in [0, 0.1) is 6.92 Å². The summed E-state index contributed by atoms with van der Waals surface area (Å²) in [7, 11) is 0. The predicted molar refractivity (Wildman–Crippen MR) is 132 cm³/mol. The Morgan fingerprint density at radius 3 is 2.76 bits per heavy atom. The van der Waals surface area contributed by atoms with Gasteiger partial charge in [-0.1, -0.05) is 18.5 Å².